The van der Waals surface area contributed by atoms with Crippen LogP contribution < -0.4 is 0 Å². The summed E-state index contributed by atoms with van der Waals surface area (Å²) in [6, 6.07) is 0. The second kappa shape index (κ2) is 3.44. The van der Waals surface area contributed by atoms with Crippen LogP contribution >= 0.6 is 0 Å². The van der Waals surface area contributed by atoms with Crippen LogP contribution in [0, 0.1) is 23.2 Å². The molecule has 0 aromatic rings. The highest BCUT2D eigenvalue weighted by Crippen LogP contribution is 2.54. The summed E-state index contributed by atoms with van der Waals surface area (Å²) in [7, 11) is 0. The van der Waals surface area contributed by atoms with Crippen LogP contribution in [0.1, 0.15) is 40.0 Å². The average molecular weight is 192 g/mol. The molecule has 0 heterocycles. The molecule has 1 heteroatoms. The first-order valence-corrected chi connectivity index (χ1v) is 5.18. The second-order valence-electron chi connectivity index (χ2n) is 5.11. The second-order valence-corrected chi connectivity index (χ2v) is 5.11. The third-order valence-electron chi connectivity index (χ3n) is 4.13. The highest BCUT2D eigenvalue weighted by molar-refractivity contribution is 5.24. The maximum atomic E-state index is 9.95. The van der Waals surface area contributed by atoms with Gasteiger partial charge in [0.05, 0.1) is 0 Å². The minimum Gasteiger partial charge on any atom is -0.379 e. The van der Waals surface area contributed by atoms with Crippen LogP contribution in [0.3, 0.4) is 0 Å². The quantitative estimate of drug-likeness (QED) is 0.500. The van der Waals surface area contributed by atoms with Crippen molar-refractivity contribution in [1.29, 1.82) is 0 Å². The van der Waals surface area contributed by atoms with Crippen LogP contribution in [0.5, 0.6) is 0 Å². The summed E-state index contributed by atoms with van der Waals surface area (Å²) in [6.45, 7) is 10.4. The zero-order valence-electron chi connectivity index (χ0n) is 9.43. The van der Waals surface area contributed by atoms with Gasteiger partial charge in [-0.05, 0) is 24.7 Å². The largest absolute Gasteiger partial charge is 0.379 e. The van der Waals surface area contributed by atoms with Crippen molar-refractivity contribution in [3.05, 3.63) is 12.2 Å². The normalized spacial score (nSPS) is 33.5. The molecular formula is C13H20O. The molecule has 2 atom stereocenters. The third-order valence-corrected chi connectivity index (χ3v) is 4.13. The van der Waals surface area contributed by atoms with Gasteiger partial charge in [0.2, 0.25) is 0 Å². The number of terminal acetylenes is 1. The molecule has 78 valence electrons. The Morgan fingerprint density at radius 2 is 2.07 bits per heavy atom. The topological polar surface area (TPSA) is 20.2 Å². The van der Waals surface area contributed by atoms with Crippen molar-refractivity contribution >= 4 is 0 Å². The maximum absolute atomic E-state index is 9.95. The highest BCUT2D eigenvalue weighted by Gasteiger charge is 2.49. The zero-order valence-corrected chi connectivity index (χ0v) is 9.43. The molecule has 0 aromatic heterocycles. The lowest BCUT2D eigenvalue weighted by molar-refractivity contribution is -0.00979. The first kappa shape index (κ1) is 11.3. The van der Waals surface area contributed by atoms with E-state index in [1.807, 2.05) is 6.92 Å². The van der Waals surface area contributed by atoms with E-state index >= 15 is 0 Å². The van der Waals surface area contributed by atoms with E-state index in [1.54, 1.807) is 0 Å². The molecule has 0 aromatic carbocycles. The van der Waals surface area contributed by atoms with Gasteiger partial charge in [-0.2, -0.15) is 0 Å². The Morgan fingerprint density at radius 1 is 1.50 bits per heavy atom. The molecule has 0 radical (unpaired) electrons. The summed E-state index contributed by atoms with van der Waals surface area (Å²) >= 11 is 0. The summed E-state index contributed by atoms with van der Waals surface area (Å²) in [4.78, 5) is 0. The molecule has 1 fully saturated rings. The molecule has 1 N–H and O–H groups in total. The van der Waals surface area contributed by atoms with Crippen LogP contribution in [0.25, 0.3) is 0 Å². The molecule has 0 saturated heterocycles. The van der Waals surface area contributed by atoms with Crippen LogP contribution in [0.4, 0.5) is 0 Å². The number of hydrogen-bond acceptors (Lipinski definition) is 1. The number of aliphatic hydroxyl groups is 1. The van der Waals surface area contributed by atoms with E-state index in [4.69, 9.17) is 6.42 Å². The van der Waals surface area contributed by atoms with E-state index in [-0.39, 0.29) is 10.8 Å². The minimum atomic E-state index is -0.717. The first-order chi connectivity index (χ1) is 6.36. The Labute approximate surface area is 87.2 Å². The van der Waals surface area contributed by atoms with Crippen molar-refractivity contribution in [2.75, 3.05) is 0 Å². The first-order valence-electron chi connectivity index (χ1n) is 5.18. The van der Waals surface area contributed by atoms with Crippen molar-refractivity contribution < 1.29 is 5.11 Å². The highest BCUT2D eigenvalue weighted by atomic mass is 16.3. The third kappa shape index (κ3) is 1.38. The average Bonchev–Trinajstić information content (AvgIpc) is 2.12. The molecule has 14 heavy (non-hydrogen) atoms. The SMILES string of the molecule is C#C[C@@H](O)[C@]1(C)C(=C)CCCC1(C)C. The van der Waals surface area contributed by atoms with Gasteiger partial charge < -0.3 is 5.11 Å². The maximum Gasteiger partial charge on any atom is 0.124 e. The van der Waals surface area contributed by atoms with Gasteiger partial charge in [0.25, 0.3) is 0 Å². The van der Waals surface area contributed by atoms with E-state index in [9.17, 15) is 5.11 Å². The van der Waals surface area contributed by atoms with Gasteiger partial charge >= 0.3 is 0 Å². The van der Waals surface area contributed by atoms with Crippen LogP contribution in [-0.2, 0) is 0 Å². The van der Waals surface area contributed by atoms with E-state index in [0.717, 1.165) is 24.8 Å². The van der Waals surface area contributed by atoms with Crippen molar-refractivity contribution in [2.45, 2.75) is 46.1 Å². The Kier molecular flexibility index (Phi) is 2.78. The molecule has 0 aliphatic heterocycles. The summed E-state index contributed by atoms with van der Waals surface area (Å²) in [5, 5.41) is 9.95. The fraction of sp³-hybridized carbons (Fsp3) is 0.692. The van der Waals surface area contributed by atoms with E-state index in [1.165, 1.54) is 0 Å². The van der Waals surface area contributed by atoms with Crippen molar-refractivity contribution in [2.24, 2.45) is 10.8 Å². The molecule has 1 saturated carbocycles. The molecule has 0 bridgehead atoms. The Morgan fingerprint density at radius 3 is 2.50 bits per heavy atom. The monoisotopic (exact) mass is 192 g/mol. The van der Waals surface area contributed by atoms with E-state index < -0.39 is 6.10 Å². The molecule has 1 aliphatic rings. The molecule has 0 spiro atoms. The smallest absolute Gasteiger partial charge is 0.124 e. The van der Waals surface area contributed by atoms with Crippen LogP contribution in [0.15, 0.2) is 12.2 Å². The molecule has 1 nitrogen and oxygen atoms in total. The van der Waals surface area contributed by atoms with E-state index in [2.05, 4.69) is 26.3 Å². The predicted octanol–water partition coefficient (Wildman–Crippen LogP) is 2.75. The molecule has 0 amide bonds. The standard InChI is InChI=1S/C13H20O/c1-6-11(14)13(5)10(2)8-7-9-12(13,3)4/h1,11,14H,2,7-9H2,3-5H3/t11-,13+/m1/s1. The van der Waals surface area contributed by atoms with Gasteiger partial charge in [0.1, 0.15) is 6.10 Å². The number of rotatable bonds is 1. The molecule has 1 aliphatic carbocycles. The lowest BCUT2D eigenvalue weighted by Crippen LogP contribution is -2.47. The van der Waals surface area contributed by atoms with Crippen molar-refractivity contribution in [3.63, 3.8) is 0 Å². The predicted molar refractivity (Wildman–Crippen MR) is 59.7 cm³/mol. The van der Waals surface area contributed by atoms with Crippen molar-refractivity contribution in [3.8, 4) is 12.3 Å². The molecule has 1 rings (SSSR count). The molecule has 0 unspecified atom stereocenters. The molecular weight excluding hydrogens is 172 g/mol. The van der Waals surface area contributed by atoms with Crippen LogP contribution in [0.2, 0.25) is 0 Å². The zero-order chi connectivity index (χ0) is 11.0. The Balaban J connectivity index is 3.13. The summed E-state index contributed by atoms with van der Waals surface area (Å²) in [5.41, 5.74) is 0.799. The van der Waals surface area contributed by atoms with Gasteiger partial charge in [-0.1, -0.05) is 38.8 Å². The number of hydrogen-bond donors (Lipinski definition) is 1. The van der Waals surface area contributed by atoms with Crippen molar-refractivity contribution in [1.82, 2.24) is 0 Å². The summed E-state index contributed by atoms with van der Waals surface area (Å²) in [6.07, 6.45) is 7.85. The number of aliphatic hydroxyl groups excluding tert-OH is 1. The lowest BCUT2D eigenvalue weighted by atomic mass is 9.54. The van der Waals surface area contributed by atoms with Gasteiger partial charge in [-0.3, -0.25) is 0 Å². The van der Waals surface area contributed by atoms with Gasteiger partial charge in [-0.25, -0.2) is 0 Å². The fourth-order valence-corrected chi connectivity index (χ4v) is 2.47. The Hall–Kier alpha value is -0.740. The van der Waals surface area contributed by atoms with E-state index in [0.29, 0.717) is 0 Å². The van der Waals surface area contributed by atoms with Gasteiger partial charge in [-0.15, -0.1) is 6.42 Å². The summed E-state index contributed by atoms with van der Waals surface area (Å²) in [5.74, 6) is 2.46. The lowest BCUT2D eigenvalue weighted by Gasteiger charge is -2.50. The van der Waals surface area contributed by atoms with Crippen LogP contribution in [-0.4, -0.2) is 11.2 Å². The van der Waals surface area contributed by atoms with Gasteiger partial charge in [0, 0.05) is 5.41 Å². The fourth-order valence-electron chi connectivity index (χ4n) is 2.47. The van der Waals surface area contributed by atoms with Gasteiger partial charge in [0.15, 0.2) is 0 Å². The Bertz CT molecular complexity index is 282. The summed E-state index contributed by atoms with van der Waals surface area (Å²) < 4.78 is 0. The minimum absolute atomic E-state index is 0.0358.